The minimum atomic E-state index is -0.268. The van der Waals surface area contributed by atoms with Gasteiger partial charge in [-0.05, 0) is 40.7 Å². The monoisotopic (exact) mass is 212 g/mol. The van der Waals surface area contributed by atoms with E-state index in [0.717, 1.165) is 18.4 Å². The van der Waals surface area contributed by atoms with Gasteiger partial charge in [0, 0.05) is 0 Å². The lowest BCUT2D eigenvalue weighted by Gasteiger charge is -2.28. The second-order valence-electron chi connectivity index (χ2n) is 4.78. The van der Waals surface area contributed by atoms with E-state index in [-0.39, 0.29) is 6.10 Å². The third-order valence-electron chi connectivity index (χ3n) is 3.73. The van der Waals surface area contributed by atoms with Crippen LogP contribution in [-0.4, -0.2) is 5.11 Å². The molecule has 0 amide bonds. The van der Waals surface area contributed by atoms with Gasteiger partial charge in [-0.1, -0.05) is 43.3 Å². The van der Waals surface area contributed by atoms with Crippen molar-refractivity contribution in [1.29, 1.82) is 0 Å². The van der Waals surface area contributed by atoms with Crippen LogP contribution >= 0.6 is 0 Å². The first-order chi connectivity index (χ1) is 7.77. The molecule has 2 atom stereocenters. The smallest absolute Gasteiger partial charge is 0.0793 e. The van der Waals surface area contributed by atoms with Gasteiger partial charge in [0.15, 0.2) is 0 Å². The summed E-state index contributed by atoms with van der Waals surface area (Å²) in [5, 5.41) is 12.6. The Labute approximate surface area is 95.7 Å². The zero-order valence-electron chi connectivity index (χ0n) is 9.48. The molecule has 0 spiro atoms. The van der Waals surface area contributed by atoms with Crippen molar-refractivity contribution in [1.82, 2.24) is 0 Å². The number of benzene rings is 2. The van der Waals surface area contributed by atoms with E-state index in [4.69, 9.17) is 0 Å². The normalized spacial score (nSPS) is 24.4. The first-order valence-electron chi connectivity index (χ1n) is 5.97. The predicted octanol–water partition coefficient (Wildman–Crippen LogP) is 3.77. The highest BCUT2D eigenvalue weighted by atomic mass is 16.3. The van der Waals surface area contributed by atoms with Gasteiger partial charge in [-0.15, -0.1) is 0 Å². The number of rotatable bonds is 0. The van der Waals surface area contributed by atoms with Crippen molar-refractivity contribution in [3.05, 3.63) is 47.5 Å². The van der Waals surface area contributed by atoms with Crippen LogP contribution in [0.2, 0.25) is 0 Å². The van der Waals surface area contributed by atoms with Crippen LogP contribution in [0.5, 0.6) is 0 Å². The Hall–Kier alpha value is -1.34. The Bertz CT molecular complexity index is 530. The Morgan fingerprint density at radius 3 is 2.75 bits per heavy atom. The summed E-state index contributed by atoms with van der Waals surface area (Å²) < 4.78 is 0. The Morgan fingerprint density at radius 2 is 1.88 bits per heavy atom. The van der Waals surface area contributed by atoms with Gasteiger partial charge in [0.05, 0.1) is 6.10 Å². The lowest BCUT2D eigenvalue weighted by Crippen LogP contribution is -2.12. The van der Waals surface area contributed by atoms with E-state index in [2.05, 4.69) is 43.3 Å². The maximum Gasteiger partial charge on any atom is 0.0793 e. The molecule has 0 fully saturated rings. The van der Waals surface area contributed by atoms with Crippen molar-refractivity contribution >= 4 is 10.8 Å². The van der Waals surface area contributed by atoms with E-state index in [9.17, 15) is 5.11 Å². The predicted molar refractivity (Wildman–Crippen MR) is 66.6 cm³/mol. The standard InChI is InChI=1S/C15H16O/c1-10-6-9-14(16)13-8-7-11-4-2-3-5-12(11)15(10)13/h2-5,7-8,10,14,16H,6,9H2,1H3/t10?,14-/m1/s1. The highest BCUT2D eigenvalue weighted by Gasteiger charge is 2.24. The Morgan fingerprint density at radius 1 is 1.06 bits per heavy atom. The molecule has 82 valence electrons. The Balaban J connectivity index is 2.35. The molecule has 16 heavy (non-hydrogen) atoms. The van der Waals surface area contributed by atoms with Crippen molar-refractivity contribution in [2.45, 2.75) is 31.8 Å². The van der Waals surface area contributed by atoms with Crippen LogP contribution in [0.3, 0.4) is 0 Å². The van der Waals surface area contributed by atoms with Crippen molar-refractivity contribution in [3.63, 3.8) is 0 Å². The van der Waals surface area contributed by atoms with Crippen LogP contribution in [0.25, 0.3) is 10.8 Å². The highest BCUT2D eigenvalue weighted by Crippen LogP contribution is 2.40. The molecule has 0 radical (unpaired) electrons. The second kappa shape index (κ2) is 3.60. The van der Waals surface area contributed by atoms with Crippen LogP contribution in [0.15, 0.2) is 36.4 Å². The van der Waals surface area contributed by atoms with Gasteiger partial charge in [0.1, 0.15) is 0 Å². The van der Waals surface area contributed by atoms with Crippen LogP contribution in [0.4, 0.5) is 0 Å². The molecule has 0 aromatic heterocycles. The largest absolute Gasteiger partial charge is 0.388 e. The fraction of sp³-hybridized carbons (Fsp3) is 0.333. The van der Waals surface area contributed by atoms with Crippen molar-refractivity contribution in [2.75, 3.05) is 0 Å². The molecule has 1 nitrogen and oxygen atoms in total. The van der Waals surface area contributed by atoms with Gasteiger partial charge in [-0.3, -0.25) is 0 Å². The quantitative estimate of drug-likeness (QED) is 0.704. The maximum absolute atomic E-state index is 10.0. The number of hydrogen-bond acceptors (Lipinski definition) is 1. The van der Waals surface area contributed by atoms with E-state index in [1.54, 1.807) is 0 Å². The summed E-state index contributed by atoms with van der Waals surface area (Å²) in [5.41, 5.74) is 2.49. The van der Waals surface area contributed by atoms with E-state index in [1.165, 1.54) is 16.3 Å². The molecular formula is C15H16O. The van der Waals surface area contributed by atoms with E-state index in [0.29, 0.717) is 5.92 Å². The lowest BCUT2D eigenvalue weighted by molar-refractivity contribution is 0.152. The summed E-state index contributed by atoms with van der Waals surface area (Å²) in [6.45, 7) is 2.26. The molecule has 0 saturated carbocycles. The van der Waals surface area contributed by atoms with Gasteiger partial charge >= 0.3 is 0 Å². The average molecular weight is 212 g/mol. The summed E-state index contributed by atoms with van der Waals surface area (Å²) in [4.78, 5) is 0. The zero-order valence-corrected chi connectivity index (χ0v) is 9.48. The molecule has 0 saturated heterocycles. The van der Waals surface area contributed by atoms with Crippen LogP contribution in [-0.2, 0) is 0 Å². The summed E-state index contributed by atoms with van der Waals surface area (Å²) >= 11 is 0. The number of fused-ring (bicyclic) bond motifs is 3. The molecule has 1 heteroatoms. The van der Waals surface area contributed by atoms with Crippen molar-refractivity contribution in [3.8, 4) is 0 Å². The highest BCUT2D eigenvalue weighted by molar-refractivity contribution is 5.87. The SMILES string of the molecule is CC1CC[C@@H](O)c2ccc3ccccc3c21. The van der Waals surface area contributed by atoms with Gasteiger partial charge in [-0.2, -0.15) is 0 Å². The number of aliphatic hydroxyl groups excluding tert-OH is 1. The third kappa shape index (κ3) is 1.35. The molecule has 1 N–H and O–H groups in total. The Kier molecular flexibility index (Phi) is 2.22. The van der Waals surface area contributed by atoms with E-state index in [1.807, 2.05) is 0 Å². The first-order valence-corrected chi connectivity index (χ1v) is 5.97. The van der Waals surface area contributed by atoms with Crippen LogP contribution in [0, 0.1) is 0 Å². The minimum absolute atomic E-state index is 0.268. The molecule has 0 aliphatic heterocycles. The minimum Gasteiger partial charge on any atom is -0.388 e. The topological polar surface area (TPSA) is 20.2 Å². The second-order valence-corrected chi connectivity index (χ2v) is 4.78. The molecule has 0 bridgehead atoms. The van der Waals surface area contributed by atoms with E-state index >= 15 is 0 Å². The molecule has 3 rings (SSSR count). The van der Waals surface area contributed by atoms with Gasteiger partial charge in [-0.25, -0.2) is 0 Å². The summed E-state index contributed by atoms with van der Waals surface area (Å²) in [5.74, 6) is 0.560. The average Bonchev–Trinajstić information content (AvgIpc) is 2.33. The molecular weight excluding hydrogens is 196 g/mol. The fourth-order valence-electron chi connectivity index (χ4n) is 2.86. The molecule has 1 aliphatic rings. The van der Waals surface area contributed by atoms with Gasteiger partial charge in [0.25, 0.3) is 0 Å². The maximum atomic E-state index is 10.0. The fourth-order valence-corrected chi connectivity index (χ4v) is 2.86. The van der Waals surface area contributed by atoms with Gasteiger partial charge < -0.3 is 5.11 Å². The van der Waals surface area contributed by atoms with E-state index < -0.39 is 0 Å². The number of hydrogen-bond donors (Lipinski definition) is 1. The van der Waals surface area contributed by atoms with Crippen LogP contribution < -0.4 is 0 Å². The van der Waals surface area contributed by atoms with Gasteiger partial charge in [0.2, 0.25) is 0 Å². The molecule has 2 aromatic rings. The van der Waals surface area contributed by atoms with Crippen molar-refractivity contribution in [2.24, 2.45) is 0 Å². The molecule has 2 aromatic carbocycles. The zero-order chi connectivity index (χ0) is 11.1. The lowest BCUT2D eigenvalue weighted by atomic mass is 9.79. The molecule has 0 heterocycles. The van der Waals surface area contributed by atoms with Crippen molar-refractivity contribution < 1.29 is 5.11 Å². The molecule has 1 aliphatic carbocycles. The summed E-state index contributed by atoms with van der Waals surface area (Å²) in [6.07, 6.45) is 1.71. The summed E-state index contributed by atoms with van der Waals surface area (Å²) in [6, 6.07) is 12.7. The first kappa shape index (κ1) is 9.86. The summed E-state index contributed by atoms with van der Waals surface area (Å²) in [7, 11) is 0. The van der Waals surface area contributed by atoms with Crippen LogP contribution in [0.1, 0.15) is 42.9 Å². The molecule has 1 unspecified atom stereocenters. The number of aliphatic hydroxyl groups is 1. The third-order valence-corrected chi connectivity index (χ3v) is 3.73.